The molecule has 1 amide bonds. The molecule has 0 bridgehead atoms. The Labute approximate surface area is 179 Å². The highest BCUT2D eigenvalue weighted by atomic mass is 16.6. The number of rotatable bonds is 11. The van der Waals surface area contributed by atoms with Gasteiger partial charge in [0.15, 0.2) is 11.5 Å². The number of fused-ring (bicyclic) bond motifs is 1. The second-order valence-corrected chi connectivity index (χ2v) is 7.45. The molecule has 0 aliphatic carbocycles. The van der Waals surface area contributed by atoms with Crippen LogP contribution in [-0.2, 0) is 11.3 Å². The topological polar surface area (TPSA) is 85.6 Å². The van der Waals surface area contributed by atoms with E-state index in [1.165, 1.54) is 12.8 Å². The highest BCUT2D eigenvalue weighted by Crippen LogP contribution is 2.33. The maximum Gasteiger partial charge on any atom is 0.220 e. The quantitative estimate of drug-likeness (QED) is 0.542. The fourth-order valence-electron chi connectivity index (χ4n) is 3.49. The van der Waals surface area contributed by atoms with Crippen molar-refractivity contribution in [3.05, 3.63) is 42.5 Å². The van der Waals surface area contributed by atoms with Gasteiger partial charge in [-0.2, -0.15) is 0 Å². The van der Waals surface area contributed by atoms with Gasteiger partial charge >= 0.3 is 0 Å². The summed E-state index contributed by atoms with van der Waals surface area (Å²) in [6.45, 7) is 3.61. The molecule has 0 spiro atoms. The van der Waals surface area contributed by atoms with E-state index in [0.717, 1.165) is 19.3 Å². The minimum atomic E-state index is -0.878. The average molecular weight is 418 g/mol. The van der Waals surface area contributed by atoms with E-state index in [0.29, 0.717) is 43.2 Å². The van der Waals surface area contributed by atoms with E-state index in [2.05, 4.69) is 17.2 Å². The normalized spacial score (nSPS) is 14.5. The van der Waals surface area contributed by atoms with Crippen molar-refractivity contribution in [2.24, 2.45) is 0 Å². The first kappa shape index (κ1) is 23.7. The van der Waals surface area contributed by atoms with Crippen molar-refractivity contribution >= 4 is 5.91 Å². The number of benzene rings is 1. The third-order valence-electron chi connectivity index (χ3n) is 5.11. The first-order chi connectivity index (χ1) is 14.2. The van der Waals surface area contributed by atoms with Crippen molar-refractivity contribution in [2.75, 3.05) is 13.2 Å². The van der Waals surface area contributed by atoms with Gasteiger partial charge in [0.1, 0.15) is 19.3 Å². The molecule has 30 heavy (non-hydrogen) atoms. The van der Waals surface area contributed by atoms with Crippen LogP contribution in [0.5, 0.6) is 11.5 Å². The largest absolute Gasteiger partial charge is 0.486 e. The summed E-state index contributed by atoms with van der Waals surface area (Å²) >= 11 is 0. The Morgan fingerprint density at radius 3 is 2.70 bits per heavy atom. The second-order valence-electron chi connectivity index (χ2n) is 7.45. The molecule has 0 unspecified atom stereocenters. The van der Waals surface area contributed by atoms with Crippen LogP contribution in [0.1, 0.15) is 64.5 Å². The Morgan fingerprint density at radius 1 is 1.20 bits per heavy atom. The zero-order valence-corrected chi connectivity index (χ0v) is 17.0. The molecule has 0 saturated carbocycles. The van der Waals surface area contributed by atoms with Crippen molar-refractivity contribution in [2.45, 2.75) is 71.6 Å². The number of nitrogens with zero attached hydrogens (tertiary/aromatic N) is 2. The van der Waals surface area contributed by atoms with Crippen LogP contribution in [0.4, 0.5) is 0 Å². The van der Waals surface area contributed by atoms with Crippen LogP contribution in [0.2, 0.25) is 0 Å². The zero-order valence-electron chi connectivity index (χ0n) is 17.0. The van der Waals surface area contributed by atoms with Crippen molar-refractivity contribution in [1.82, 2.24) is 14.9 Å². The smallest absolute Gasteiger partial charge is 0.220 e. The lowest BCUT2D eigenvalue weighted by atomic mass is 10.0. The van der Waals surface area contributed by atoms with Crippen molar-refractivity contribution in [1.29, 1.82) is 0 Å². The van der Waals surface area contributed by atoms with E-state index >= 15 is 0 Å². The Kier molecular flexibility index (Phi) is 9.67. The molecule has 7 nitrogen and oxygen atoms in total. The molecular weight excluding hydrogens is 382 g/mol. The summed E-state index contributed by atoms with van der Waals surface area (Å²) in [5, 5.41) is 14.0. The van der Waals surface area contributed by atoms with Crippen LogP contribution in [0.3, 0.4) is 0 Å². The van der Waals surface area contributed by atoms with Gasteiger partial charge in [-0.3, -0.25) is 4.79 Å². The van der Waals surface area contributed by atoms with Crippen LogP contribution >= 0.6 is 0 Å². The second kappa shape index (κ2) is 12.2. The summed E-state index contributed by atoms with van der Waals surface area (Å²) in [5.74, 6) is 1.26. The number of amides is 1. The summed E-state index contributed by atoms with van der Waals surface area (Å²) < 4.78 is 13.0. The van der Waals surface area contributed by atoms with E-state index in [9.17, 15) is 9.90 Å². The van der Waals surface area contributed by atoms with Crippen LogP contribution in [-0.4, -0.2) is 39.8 Å². The summed E-state index contributed by atoms with van der Waals surface area (Å²) in [6.07, 6.45) is 10.2. The number of ether oxygens (including phenoxy) is 2. The van der Waals surface area contributed by atoms with Gasteiger partial charge in [-0.25, -0.2) is 4.98 Å². The van der Waals surface area contributed by atoms with E-state index in [1.54, 1.807) is 24.7 Å². The number of nitrogens with one attached hydrogen (secondary N) is 1. The van der Waals surface area contributed by atoms with Gasteiger partial charge in [-0.15, -0.1) is 0 Å². The van der Waals surface area contributed by atoms with Crippen molar-refractivity contribution < 1.29 is 19.4 Å². The Bertz CT molecular complexity index is 764. The molecule has 0 radical (unpaired) electrons. The highest BCUT2D eigenvalue weighted by Gasteiger charge is 2.25. The lowest BCUT2D eigenvalue weighted by Crippen LogP contribution is -2.42. The van der Waals surface area contributed by atoms with E-state index in [1.807, 2.05) is 16.8 Å². The van der Waals surface area contributed by atoms with Gasteiger partial charge in [0.2, 0.25) is 5.91 Å². The standard InChI is InChI=1S/C22H31N3O4.CH4/c1-2-3-4-5-6-7-21(26)24-18(15-25-11-10-23-16-25)22(27)17-8-9-19-20(14-17)29-13-12-28-19;/h8-11,14,16,18,22,27H,2-7,12-13,15H2,1H3,(H,24,26);1H4/t18-,22-;/m1./s1. The molecule has 1 aliphatic rings. The number of hydrogen-bond donors (Lipinski definition) is 2. The van der Waals surface area contributed by atoms with Crippen LogP contribution < -0.4 is 14.8 Å². The first-order valence-corrected chi connectivity index (χ1v) is 10.5. The summed E-state index contributed by atoms with van der Waals surface area (Å²) in [5.41, 5.74) is 0.683. The first-order valence-electron chi connectivity index (χ1n) is 10.5. The molecule has 7 heteroatoms. The number of unbranched alkanes of at least 4 members (excludes halogenated alkanes) is 4. The third-order valence-corrected chi connectivity index (χ3v) is 5.11. The van der Waals surface area contributed by atoms with Gasteiger partial charge in [0, 0.05) is 25.4 Å². The molecule has 2 N–H and O–H groups in total. The number of aliphatic hydroxyl groups excluding tert-OH is 1. The molecule has 166 valence electrons. The maximum atomic E-state index is 12.5. The fraction of sp³-hybridized carbons (Fsp3) is 0.565. The van der Waals surface area contributed by atoms with Crippen LogP contribution in [0.15, 0.2) is 36.9 Å². The van der Waals surface area contributed by atoms with Crippen LogP contribution in [0, 0.1) is 0 Å². The van der Waals surface area contributed by atoms with Gasteiger partial charge in [0.05, 0.1) is 12.4 Å². The molecule has 3 rings (SSSR count). The molecule has 0 saturated heterocycles. The predicted molar refractivity (Wildman–Crippen MR) is 117 cm³/mol. The fourth-order valence-corrected chi connectivity index (χ4v) is 3.49. The van der Waals surface area contributed by atoms with Crippen molar-refractivity contribution in [3.8, 4) is 11.5 Å². The lowest BCUT2D eigenvalue weighted by Gasteiger charge is -2.26. The molecule has 1 aliphatic heterocycles. The minimum Gasteiger partial charge on any atom is -0.486 e. The lowest BCUT2D eigenvalue weighted by molar-refractivity contribution is -0.123. The summed E-state index contributed by atoms with van der Waals surface area (Å²) in [7, 11) is 0. The van der Waals surface area contributed by atoms with E-state index in [4.69, 9.17) is 9.47 Å². The third kappa shape index (κ3) is 6.76. The van der Waals surface area contributed by atoms with Gasteiger partial charge in [0.25, 0.3) is 0 Å². The Balaban J connectivity index is 0.00000320. The predicted octanol–water partition coefficient (Wildman–Crippen LogP) is 3.87. The summed E-state index contributed by atoms with van der Waals surface area (Å²) in [6, 6.07) is 4.93. The maximum absolute atomic E-state index is 12.5. The monoisotopic (exact) mass is 417 g/mol. The molecule has 0 fully saturated rings. The van der Waals surface area contributed by atoms with E-state index in [-0.39, 0.29) is 13.3 Å². The molecule has 2 atom stereocenters. The van der Waals surface area contributed by atoms with E-state index < -0.39 is 12.1 Å². The molecule has 2 heterocycles. The number of imidazole rings is 1. The number of hydrogen-bond acceptors (Lipinski definition) is 5. The minimum absolute atomic E-state index is 0. The average Bonchev–Trinajstić information content (AvgIpc) is 3.25. The molecule has 1 aromatic carbocycles. The SMILES string of the molecule is C.CCCCCCCC(=O)N[C@H](Cn1ccnc1)[C@H](O)c1ccc2c(c1)OCCO2. The number of carbonyl (C=O) groups excluding carboxylic acids is 1. The number of carbonyl (C=O) groups is 1. The zero-order chi connectivity index (χ0) is 20.5. The highest BCUT2D eigenvalue weighted by molar-refractivity contribution is 5.76. The van der Waals surface area contributed by atoms with Crippen molar-refractivity contribution in [3.63, 3.8) is 0 Å². The Morgan fingerprint density at radius 2 is 1.97 bits per heavy atom. The number of aliphatic hydroxyl groups is 1. The van der Waals surface area contributed by atoms with Gasteiger partial charge in [-0.05, 0) is 24.1 Å². The Hall–Kier alpha value is -2.54. The molecule has 1 aromatic heterocycles. The van der Waals surface area contributed by atoms with Gasteiger partial charge < -0.3 is 24.5 Å². The molecular formula is C23H35N3O4. The summed E-state index contributed by atoms with van der Waals surface area (Å²) in [4.78, 5) is 16.5. The van der Waals surface area contributed by atoms with Crippen LogP contribution in [0.25, 0.3) is 0 Å². The van der Waals surface area contributed by atoms with Gasteiger partial charge in [-0.1, -0.05) is 46.1 Å². The number of aromatic nitrogens is 2. The molecule has 2 aromatic rings.